The molecule has 2 aromatic carbocycles. The van der Waals surface area contributed by atoms with Gasteiger partial charge in [0.15, 0.2) is 11.5 Å². The lowest BCUT2D eigenvalue weighted by Gasteiger charge is -2.11. The number of amides is 1. The summed E-state index contributed by atoms with van der Waals surface area (Å²) in [5.74, 6) is 0.770. The highest BCUT2D eigenvalue weighted by molar-refractivity contribution is 6.02. The van der Waals surface area contributed by atoms with Crippen molar-refractivity contribution in [3.63, 3.8) is 0 Å². The van der Waals surface area contributed by atoms with Crippen LogP contribution in [0.3, 0.4) is 0 Å². The second-order valence-electron chi connectivity index (χ2n) is 5.96. The molecule has 1 N–H and O–H groups in total. The summed E-state index contributed by atoms with van der Waals surface area (Å²) in [4.78, 5) is 12.3. The van der Waals surface area contributed by atoms with E-state index in [4.69, 9.17) is 9.47 Å². The van der Waals surface area contributed by atoms with Gasteiger partial charge in [0, 0.05) is 11.1 Å². The van der Waals surface area contributed by atoms with Gasteiger partial charge in [-0.25, -0.2) is 5.43 Å². The lowest BCUT2D eigenvalue weighted by molar-refractivity contribution is 0.0954. The first-order valence-corrected chi connectivity index (χ1v) is 8.02. The smallest absolute Gasteiger partial charge is 0.271 e. The van der Waals surface area contributed by atoms with Gasteiger partial charge in [0.1, 0.15) is 0 Å². The van der Waals surface area contributed by atoms with Crippen LogP contribution in [0.15, 0.2) is 35.4 Å². The molecule has 2 aromatic rings. The fraction of sp³-hybridized carbons (Fsp3) is 0.300. The maximum atomic E-state index is 12.3. The summed E-state index contributed by atoms with van der Waals surface area (Å²) in [6, 6.07) is 9.20. The van der Waals surface area contributed by atoms with Crippen molar-refractivity contribution in [1.29, 1.82) is 0 Å². The number of rotatable bonds is 5. The summed E-state index contributed by atoms with van der Waals surface area (Å²) in [6.45, 7) is 8.06. The molecule has 5 heteroatoms. The molecule has 132 valence electrons. The summed E-state index contributed by atoms with van der Waals surface area (Å²) in [7, 11) is 3.08. The Morgan fingerprint density at radius 3 is 2.20 bits per heavy atom. The van der Waals surface area contributed by atoms with Crippen LogP contribution in [0.1, 0.15) is 39.5 Å². The summed E-state index contributed by atoms with van der Waals surface area (Å²) in [5.41, 5.74) is 8.40. The van der Waals surface area contributed by atoms with E-state index in [1.165, 1.54) is 18.2 Å². The van der Waals surface area contributed by atoms with Gasteiger partial charge in [0.25, 0.3) is 5.91 Å². The quantitative estimate of drug-likeness (QED) is 0.665. The molecule has 0 saturated heterocycles. The highest BCUT2D eigenvalue weighted by atomic mass is 16.5. The number of nitrogens with one attached hydrogen (secondary N) is 1. The van der Waals surface area contributed by atoms with Crippen molar-refractivity contribution in [3.8, 4) is 11.5 Å². The van der Waals surface area contributed by atoms with Crippen LogP contribution in [0.2, 0.25) is 0 Å². The van der Waals surface area contributed by atoms with E-state index in [2.05, 4.69) is 36.5 Å². The van der Waals surface area contributed by atoms with Crippen LogP contribution in [0.4, 0.5) is 0 Å². The zero-order valence-corrected chi connectivity index (χ0v) is 15.6. The molecule has 0 fully saturated rings. The van der Waals surface area contributed by atoms with Gasteiger partial charge >= 0.3 is 0 Å². The molecule has 0 aromatic heterocycles. The molecule has 0 saturated carbocycles. The van der Waals surface area contributed by atoms with Crippen molar-refractivity contribution >= 4 is 11.6 Å². The number of hydrogen-bond acceptors (Lipinski definition) is 4. The number of methoxy groups -OCH3 is 2. The van der Waals surface area contributed by atoms with Crippen molar-refractivity contribution in [1.82, 2.24) is 5.43 Å². The SMILES string of the molecule is COc1ccc(C(=O)NN=C(C)c2cc(C)c(C)cc2C)cc1OC. The van der Waals surface area contributed by atoms with E-state index in [0.29, 0.717) is 17.1 Å². The Balaban J connectivity index is 2.21. The maximum Gasteiger partial charge on any atom is 0.271 e. The number of hydrazone groups is 1. The molecular formula is C20H24N2O3. The van der Waals surface area contributed by atoms with E-state index in [0.717, 1.165) is 16.8 Å². The van der Waals surface area contributed by atoms with Crippen LogP contribution < -0.4 is 14.9 Å². The second-order valence-corrected chi connectivity index (χ2v) is 5.96. The molecule has 0 spiro atoms. The summed E-state index contributed by atoms with van der Waals surface area (Å²) < 4.78 is 10.4. The highest BCUT2D eigenvalue weighted by Gasteiger charge is 2.11. The highest BCUT2D eigenvalue weighted by Crippen LogP contribution is 2.27. The van der Waals surface area contributed by atoms with Gasteiger partial charge in [0.2, 0.25) is 0 Å². The van der Waals surface area contributed by atoms with Crippen LogP contribution in [0.5, 0.6) is 11.5 Å². The normalized spacial score (nSPS) is 11.2. The van der Waals surface area contributed by atoms with Crippen molar-refractivity contribution in [2.45, 2.75) is 27.7 Å². The molecule has 25 heavy (non-hydrogen) atoms. The average Bonchev–Trinajstić information content (AvgIpc) is 2.61. The molecule has 0 aliphatic rings. The molecule has 0 heterocycles. The van der Waals surface area contributed by atoms with Crippen LogP contribution in [-0.4, -0.2) is 25.8 Å². The zero-order chi connectivity index (χ0) is 18.6. The topological polar surface area (TPSA) is 59.9 Å². The third kappa shape index (κ3) is 4.18. The van der Waals surface area contributed by atoms with Crippen LogP contribution in [0.25, 0.3) is 0 Å². The van der Waals surface area contributed by atoms with E-state index in [-0.39, 0.29) is 5.91 Å². The third-order valence-corrected chi connectivity index (χ3v) is 4.20. The Bertz CT molecular complexity index is 826. The molecule has 5 nitrogen and oxygen atoms in total. The summed E-state index contributed by atoms with van der Waals surface area (Å²) in [5, 5.41) is 4.25. The number of benzene rings is 2. The first-order chi connectivity index (χ1) is 11.9. The third-order valence-electron chi connectivity index (χ3n) is 4.20. The molecule has 1 amide bonds. The Hall–Kier alpha value is -2.82. The standard InChI is InChI=1S/C20H24N2O3/c1-12-9-14(3)17(10-13(12)2)15(4)21-22-20(23)16-7-8-18(24-5)19(11-16)25-6/h7-11H,1-6H3,(H,22,23). The monoisotopic (exact) mass is 340 g/mol. The average molecular weight is 340 g/mol. The molecular weight excluding hydrogens is 316 g/mol. The number of carbonyl (C=O) groups excluding carboxylic acids is 1. The van der Waals surface area contributed by atoms with E-state index in [1.54, 1.807) is 25.3 Å². The first-order valence-electron chi connectivity index (χ1n) is 8.02. The molecule has 0 aliphatic carbocycles. The second kappa shape index (κ2) is 7.83. The van der Waals surface area contributed by atoms with Gasteiger partial charge in [-0.05, 0) is 68.7 Å². The van der Waals surface area contributed by atoms with Gasteiger partial charge in [-0.2, -0.15) is 5.10 Å². The predicted octanol–water partition coefficient (Wildman–Crippen LogP) is 3.78. The minimum absolute atomic E-state index is 0.304. The van der Waals surface area contributed by atoms with Crippen LogP contribution in [-0.2, 0) is 0 Å². The fourth-order valence-corrected chi connectivity index (χ4v) is 2.59. The summed E-state index contributed by atoms with van der Waals surface area (Å²) in [6.07, 6.45) is 0. The molecule has 0 unspecified atom stereocenters. The lowest BCUT2D eigenvalue weighted by atomic mass is 9.98. The molecule has 0 bridgehead atoms. The molecule has 0 aliphatic heterocycles. The van der Waals surface area contributed by atoms with Crippen LogP contribution in [0, 0.1) is 20.8 Å². The molecule has 2 rings (SSSR count). The van der Waals surface area contributed by atoms with Crippen LogP contribution >= 0.6 is 0 Å². The minimum atomic E-state index is -0.304. The first kappa shape index (κ1) is 18.5. The van der Waals surface area contributed by atoms with Crippen molar-refractivity contribution in [2.75, 3.05) is 14.2 Å². The Morgan fingerprint density at radius 1 is 0.920 bits per heavy atom. The number of carbonyl (C=O) groups is 1. The van der Waals surface area contributed by atoms with E-state index in [9.17, 15) is 4.79 Å². The van der Waals surface area contributed by atoms with Gasteiger partial charge in [-0.1, -0.05) is 6.07 Å². The zero-order valence-electron chi connectivity index (χ0n) is 15.6. The van der Waals surface area contributed by atoms with Crippen molar-refractivity contribution < 1.29 is 14.3 Å². The Labute approximate surface area is 148 Å². The van der Waals surface area contributed by atoms with Crippen molar-refractivity contribution in [2.24, 2.45) is 5.10 Å². The lowest BCUT2D eigenvalue weighted by Crippen LogP contribution is -2.19. The predicted molar refractivity (Wildman–Crippen MR) is 99.9 cm³/mol. The Kier molecular flexibility index (Phi) is 5.80. The number of aryl methyl sites for hydroxylation is 3. The van der Waals surface area contributed by atoms with Gasteiger partial charge in [-0.15, -0.1) is 0 Å². The fourth-order valence-electron chi connectivity index (χ4n) is 2.59. The van der Waals surface area contributed by atoms with E-state index in [1.807, 2.05) is 13.8 Å². The molecule has 0 radical (unpaired) electrons. The largest absolute Gasteiger partial charge is 0.493 e. The number of ether oxygens (including phenoxy) is 2. The summed E-state index contributed by atoms with van der Waals surface area (Å²) >= 11 is 0. The minimum Gasteiger partial charge on any atom is -0.493 e. The van der Waals surface area contributed by atoms with Crippen molar-refractivity contribution in [3.05, 3.63) is 58.1 Å². The van der Waals surface area contributed by atoms with Gasteiger partial charge in [-0.3, -0.25) is 4.79 Å². The van der Waals surface area contributed by atoms with Gasteiger partial charge in [0.05, 0.1) is 19.9 Å². The molecule has 0 atom stereocenters. The van der Waals surface area contributed by atoms with Gasteiger partial charge < -0.3 is 9.47 Å². The Morgan fingerprint density at radius 2 is 1.56 bits per heavy atom. The number of nitrogens with zero attached hydrogens (tertiary/aromatic N) is 1. The van der Waals surface area contributed by atoms with E-state index < -0.39 is 0 Å². The number of hydrogen-bond donors (Lipinski definition) is 1. The maximum absolute atomic E-state index is 12.3. The van der Waals surface area contributed by atoms with E-state index >= 15 is 0 Å².